The summed E-state index contributed by atoms with van der Waals surface area (Å²) in [6.07, 6.45) is 0. The SMILES string of the molecule is CC(=O)c1ccc(-c2c(Br)nnn2C)cc1. The first-order chi connectivity index (χ1) is 7.59. The number of rotatable bonds is 2. The van der Waals surface area contributed by atoms with Crippen LogP contribution in [0, 0.1) is 0 Å². The van der Waals surface area contributed by atoms with Crippen LogP contribution in [0.25, 0.3) is 11.3 Å². The lowest BCUT2D eigenvalue weighted by molar-refractivity contribution is 0.101. The van der Waals surface area contributed by atoms with Crippen LogP contribution in [-0.4, -0.2) is 20.8 Å². The van der Waals surface area contributed by atoms with E-state index in [9.17, 15) is 4.79 Å². The van der Waals surface area contributed by atoms with Crippen LogP contribution in [0.5, 0.6) is 0 Å². The maximum atomic E-state index is 11.1. The van der Waals surface area contributed by atoms with Crippen LogP contribution in [0.1, 0.15) is 17.3 Å². The molecule has 0 amide bonds. The lowest BCUT2D eigenvalue weighted by Gasteiger charge is -2.02. The van der Waals surface area contributed by atoms with Gasteiger partial charge in [0.25, 0.3) is 0 Å². The van der Waals surface area contributed by atoms with Gasteiger partial charge in [0.2, 0.25) is 0 Å². The monoisotopic (exact) mass is 279 g/mol. The van der Waals surface area contributed by atoms with E-state index in [0.29, 0.717) is 10.2 Å². The molecule has 0 fully saturated rings. The molecule has 2 rings (SSSR count). The summed E-state index contributed by atoms with van der Waals surface area (Å²) in [6, 6.07) is 7.38. The van der Waals surface area contributed by atoms with E-state index in [-0.39, 0.29) is 5.78 Å². The molecular formula is C11H10BrN3O. The summed E-state index contributed by atoms with van der Waals surface area (Å²) < 4.78 is 2.39. The van der Waals surface area contributed by atoms with E-state index >= 15 is 0 Å². The zero-order valence-electron chi connectivity index (χ0n) is 8.94. The smallest absolute Gasteiger partial charge is 0.159 e. The minimum Gasteiger partial charge on any atom is -0.295 e. The minimum atomic E-state index is 0.0637. The predicted octanol–water partition coefficient (Wildman–Crippen LogP) is 2.45. The molecule has 0 aliphatic heterocycles. The second kappa shape index (κ2) is 4.17. The summed E-state index contributed by atoms with van der Waals surface area (Å²) in [5.74, 6) is 0.0637. The predicted molar refractivity (Wildman–Crippen MR) is 64.1 cm³/mol. The van der Waals surface area contributed by atoms with Gasteiger partial charge in [0.05, 0.1) is 0 Å². The number of carbonyl (C=O) groups is 1. The van der Waals surface area contributed by atoms with Gasteiger partial charge < -0.3 is 0 Å². The highest BCUT2D eigenvalue weighted by atomic mass is 79.9. The molecule has 1 aromatic carbocycles. The van der Waals surface area contributed by atoms with E-state index in [1.807, 2.05) is 19.2 Å². The summed E-state index contributed by atoms with van der Waals surface area (Å²) in [7, 11) is 1.83. The molecule has 0 spiro atoms. The Morgan fingerprint density at radius 2 is 1.94 bits per heavy atom. The maximum Gasteiger partial charge on any atom is 0.159 e. The zero-order valence-corrected chi connectivity index (χ0v) is 10.5. The van der Waals surface area contributed by atoms with E-state index in [2.05, 4.69) is 26.2 Å². The van der Waals surface area contributed by atoms with Gasteiger partial charge in [-0.25, -0.2) is 4.68 Å². The van der Waals surface area contributed by atoms with Crippen molar-refractivity contribution in [2.45, 2.75) is 6.92 Å². The molecule has 0 aliphatic carbocycles. The van der Waals surface area contributed by atoms with Gasteiger partial charge in [-0.3, -0.25) is 4.79 Å². The van der Waals surface area contributed by atoms with Gasteiger partial charge >= 0.3 is 0 Å². The van der Waals surface area contributed by atoms with Crippen molar-refractivity contribution < 1.29 is 4.79 Å². The second-order valence-corrected chi connectivity index (χ2v) is 4.24. The highest BCUT2D eigenvalue weighted by molar-refractivity contribution is 9.10. The van der Waals surface area contributed by atoms with E-state index in [4.69, 9.17) is 0 Å². The van der Waals surface area contributed by atoms with E-state index in [0.717, 1.165) is 11.3 Å². The zero-order chi connectivity index (χ0) is 11.7. The van der Waals surface area contributed by atoms with Crippen LogP contribution in [0.2, 0.25) is 0 Å². The Bertz CT molecular complexity index is 511. The summed E-state index contributed by atoms with van der Waals surface area (Å²) in [6.45, 7) is 1.55. The van der Waals surface area contributed by atoms with Gasteiger partial charge in [-0.05, 0) is 22.9 Å². The first-order valence-electron chi connectivity index (χ1n) is 4.76. The number of carbonyl (C=O) groups excluding carboxylic acids is 1. The largest absolute Gasteiger partial charge is 0.295 e. The summed E-state index contributed by atoms with van der Waals surface area (Å²) in [5, 5.41) is 7.82. The molecule has 0 atom stereocenters. The quantitative estimate of drug-likeness (QED) is 0.794. The third-order valence-electron chi connectivity index (χ3n) is 2.35. The molecule has 2 aromatic rings. The van der Waals surface area contributed by atoms with Gasteiger partial charge in [0.15, 0.2) is 10.4 Å². The number of nitrogens with zero attached hydrogens (tertiary/aromatic N) is 3. The lowest BCUT2D eigenvalue weighted by atomic mass is 10.1. The van der Waals surface area contributed by atoms with E-state index in [1.165, 1.54) is 0 Å². The number of ketones is 1. The van der Waals surface area contributed by atoms with Gasteiger partial charge in [-0.15, -0.1) is 5.10 Å². The normalized spacial score (nSPS) is 10.4. The third kappa shape index (κ3) is 1.90. The minimum absolute atomic E-state index is 0.0637. The number of Topliss-reactive ketones (excluding diaryl/α,β-unsaturated/α-hetero) is 1. The summed E-state index contributed by atoms with van der Waals surface area (Å²) in [5.41, 5.74) is 2.58. The Morgan fingerprint density at radius 3 is 2.38 bits per heavy atom. The van der Waals surface area contributed by atoms with Gasteiger partial charge in [-0.2, -0.15) is 0 Å². The molecule has 0 saturated carbocycles. The topological polar surface area (TPSA) is 47.8 Å². The number of aryl methyl sites for hydroxylation is 1. The van der Waals surface area contributed by atoms with Crippen molar-refractivity contribution in [3.63, 3.8) is 0 Å². The Labute approximate surface area is 101 Å². The van der Waals surface area contributed by atoms with E-state index in [1.54, 1.807) is 23.7 Å². The Balaban J connectivity index is 2.46. The number of aromatic nitrogens is 3. The Kier molecular flexibility index (Phi) is 2.87. The fraction of sp³-hybridized carbons (Fsp3) is 0.182. The molecule has 0 unspecified atom stereocenters. The van der Waals surface area contributed by atoms with Crippen molar-refractivity contribution >= 4 is 21.7 Å². The number of hydrogen-bond acceptors (Lipinski definition) is 3. The maximum absolute atomic E-state index is 11.1. The number of hydrogen-bond donors (Lipinski definition) is 0. The fourth-order valence-corrected chi connectivity index (χ4v) is 2.06. The Morgan fingerprint density at radius 1 is 1.31 bits per heavy atom. The average molecular weight is 280 g/mol. The molecule has 16 heavy (non-hydrogen) atoms. The molecule has 0 bridgehead atoms. The van der Waals surface area contributed by atoms with Gasteiger partial charge in [0.1, 0.15) is 5.69 Å². The highest BCUT2D eigenvalue weighted by Crippen LogP contribution is 2.25. The first-order valence-corrected chi connectivity index (χ1v) is 5.55. The molecule has 82 valence electrons. The van der Waals surface area contributed by atoms with Crippen LogP contribution in [0.4, 0.5) is 0 Å². The van der Waals surface area contributed by atoms with Gasteiger partial charge in [0, 0.05) is 18.2 Å². The Hall–Kier alpha value is -1.49. The van der Waals surface area contributed by atoms with Gasteiger partial charge in [-0.1, -0.05) is 29.5 Å². The molecule has 0 saturated heterocycles. The van der Waals surface area contributed by atoms with Crippen molar-refractivity contribution in [1.29, 1.82) is 0 Å². The number of benzene rings is 1. The average Bonchev–Trinajstić information content (AvgIpc) is 2.59. The van der Waals surface area contributed by atoms with Crippen molar-refractivity contribution in [3.8, 4) is 11.3 Å². The second-order valence-electron chi connectivity index (χ2n) is 3.49. The van der Waals surface area contributed by atoms with Crippen LogP contribution < -0.4 is 0 Å². The first kappa shape index (κ1) is 11.0. The fourth-order valence-electron chi connectivity index (χ4n) is 1.50. The molecule has 0 aliphatic rings. The van der Waals surface area contributed by atoms with Crippen molar-refractivity contribution in [2.24, 2.45) is 7.05 Å². The van der Waals surface area contributed by atoms with Crippen molar-refractivity contribution in [2.75, 3.05) is 0 Å². The highest BCUT2D eigenvalue weighted by Gasteiger charge is 2.10. The summed E-state index contributed by atoms with van der Waals surface area (Å²) in [4.78, 5) is 11.1. The number of halogens is 1. The lowest BCUT2D eigenvalue weighted by Crippen LogP contribution is -1.95. The molecular weight excluding hydrogens is 270 g/mol. The molecule has 0 N–H and O–H groups in total. The molecule has 0 radical (unpaired) electrons. The molecule has 4 nitrogen and oxygen atoms in total. The van der Waals surface area contributed by atoms with Crippen LogP contribution >= 0.6 is 15.9 Å². The van der Waals surface area contributed by atoms with Crippen LogP contribution in [0.15, 0.2) is 28.9 Å². The van der Waals surface area contributed by atoms with Crippen molar-refractivity contribution in [1.82, 2.24) is 15.0 Å². The van der Waals surface area contributed by atoms with Crippen LogP contribution in [-0.2, 0) is 7.05 Å². The standard InChI is InChI=1S/C11H10BrN3O/c1-7(16)8-3-5-9(6-4-8)10-11(12)13-14-15(10)2/h3-6H,1-2H3. The molecule has 1 aromatic heterocycles. The van der Waals surface area contributed by atoms with E-state index < -0.39 is 0 Å². The van der Waals surface area contributed by atoms with Crippen LogP contribution in [0.3, 0.4) is 0 Å². The third-order valence-corrected chi connectivity index (χ3v) is 2.88. The summed E-state index contributed by atoms with van der Waals surface area (Å²) >= 11 is 3.34. The van der Waals surface area contributed by atoms with Crippen molar-refractivity contribution in [3.05, 3.63) is 34.4 Å². The molecule has 1 heterocycles. The molecule has 5 heteroatoms.